The van der Waals surface area contributed by atoms with Crippen LogP contribution in [0.2, 0.25) is 0 Å². The third kappa shape index (κ3) is 4.49. The molecular formula is C20H19FN2O4. The summed E-state index contributed by atoms with van der Waals surface area (Å²) in [6.45, 7) is -0.115. The Labute approximate surface area is 155 Å². The van der Waals surface area contributed by atoms with Gasteiger partial charge >= 0.3 is 5.97 Å². The van der Waals surface area contributed by atoms with E-state index in [0.717, 1.165) is 11.6 Å². The predicted molar refractivity (Wildman–Crippen MR) is 97.0 cm³/mol. The van der Waals surface area contributed by atoms with Crippen LogP contribution in [-0.4, -0.2) is 29.4 Å². The molecule has 1 atom stereocenters. The van der Waals surface area contributed by atoms with Crippen LogP contribution in [-0.2, 0) is 22.4 Å². The Kier molecular flexibility index (Phi) is 5.49. The Morgan fingerprint density at radius 2 is 1.93 bits per heavy atom. The van der Waals surface area contributed by atoms with Gasteiger partial charge in [0.2, 0.25) is 5.91 Å². The number of fused-ring (bicyclic) bond motifs is 1. The number of rotatable bonds is 6. The molecule has 0 aliphatic carbocycles. The Bertz CT molecular complexity index is 883. The van der Waals surface area contributed by atoms with Crippen molar-refractivity contribution in [3.8, 4) is 0 Å². The van der Waals surface area contributed by atoms with Gasteiger partial charge in [-0.25, -0.2) is 4.39 Å². The number of carbonyl (C=O) groups excluding carboxylic acids is 2. The smallest absolute Gasteiger partial charge is 0.308 e. The first-order valence-electron chi connectivity index (χ1n) is 8.61. The van der Waals surface area contributed by atoms with Crippen LogP contribution in [0.5, 0.6) is 0 Å². The van der Waals surface area contributed by atoms with Crippen LogP contribution >= 0.6 is 0 Å². The van der Waals surface area contributed by atoms with E-state index in [4.69, 9.17) is 0 Å². The van der Waals surface area contributed by atoms with Gasteiger partial charge in [0, 0.05) is 18.7 Å². The first kappa shape index (κ1) is 18.6. The molecule has 1 aliphatic rings. The summed E-state index contributed by atoms with van der Waals surface area (Å²) in [5, 5.41) is 14.5. The number of carbonyl (C=O) groups is 3. The Hall–Kier alpha value is -3.22. The van der Waals surface area contributed by atoms with Crippen LogP contribution in [0, 0.1) is 11.7 Å². The van der Waals surface area contributed by atoms with E-state index in [1.807, 2.05) is 30.3 Å². The number of hydrogen-bond acceptors (Lipinski definition) is 3. The van der Waals surface area contributed by atoms with Crippen molar-refractivity contribution in [2.45, 2.75) is 19.3 Å². The van der Waals surface area contributed by atoms with Crippen LogP contribution in [0.25, 0.3) is 0 Å². The number of aliphatic carboxylic acids is 1. The molecule has 0 saturated heterocycles. The molecular weight excluding hydrogens is 351 g/mol. The number of carboxylic acid groups (broad SMARTS) is 1. The van der Waals surface area contributed by atoms with Gasteiger partial charge in [-0.3, -0.25) is 14.4 Å². The first-order valence-corrected chi connectivity index (χ1v) is 8.61. The molecule has 0 fully saturated rings. The molecule has 7 heteroatoms. The molecule has 0 saturated carbocycles. The molecule has 1 unspecified atom stereocenters. The van der Waals surface area contributed by atoms with E-state index in [9.17, 15) is 23.9 Å². The lowest BCUT2D eigenvalue weighted by Gasteiger charge is -2.18. The third-order valence-electron chi connectivity index (χ3n) is 4.52. The van der Waals surface area contributed by atoms with Gasteiger partial charge in [-0.2, -0.15) is 0 Å². The maximum Gasteiger partial charge on any atom is 0.308 e. The van der Waals surface area contributed by atoms with E-state index >= 15 is 0 Å². The molecule has 6 nitrogen and oxygen atoms in total. The molecule has 3 rings (SSSR count). The summed E-state index contributed by atoms with van der Waals surface area (Å²) in [4.78, 5) is 35.2. The van der Waals surface area contributed by atoms with Gasteiger partial charge in [0.25, 0.3) is 5.91 Å². The molecule has 2 amide bonds. The second-order valence-electron chi connectivity index (χ2n) is 6.47. The van der Waals surface area contributed by atoms with Crippen molar-refractivity contribution in [2.24, 2.45) is 5.92 Å². The number of carboxylic acids is 1. The fraction of sp³-hybridized carbons (Fsp3) is 0.250. The lowest BCUT2D eigenvalue weighted by Crippen LogP contribution is -2.34. The summed E-state index contributed by atoms with van der Waals surface area (Å²) in [6, 6.07) is 11.6. The van der Waals surface area contributed by atoms with Crippen LogP contribution in [0.1, 0.15) is 27.9 Å². The Morgan fingerprint density at radius 1 is 1.19 bits per heavy atom. The number of benzene rings is 2. The molecule has 0 radical (unpaired) electrons. The number of hydrogen-bond donors (Lipinski definition) is 3. The van der Waals surface area contributed by atoms with Crippen molar-refractivity contribution in [1.29, 1.82) is 0 Å². The molecule has 0 spiro atoms. The lowest BCUT2D eigenvalue weighted by molar-refractivity contribution is -0.141. The zero-order valence-electron chi connectivity index (χ0n) is 14.5. The minimum atomic E-state index is -1.03. The number of aryl methyl sites for hydroxylation is 1. The third-order valence-corrected chi connectivity index (χ3v) is 4.52. The minimum Gasteiger partial charge on any atom is -0.481 e. The topological polar surface area (TPSA) is 95.5 Å². The average Bonchev–Trinajstić information content (AvgIpc) is 2.64. The van der Waals surface area contributed by atoms with Crippen LogP contribution in [0.4, 0.5) is 10.1 Å². The second-order valence-corrected chi connectivity index (χ2v) is 6.47. The molecule has 27 heavy (non-hydrogen) atoms. The first-order chi connectivity index (χ1) is 12.9. The van der Waals surface area contributed by atoms with Gasteiger partial charge in [0.05, 0.1) is 11.5 Å². The van der Waals surface area contributed by atoms with Crippen LogP contribution in [0.3, 0.4) is 0 Å². The van der Waals surface area contributed by atoms with Gasteiger partial charge in [-0.15, -0.1) is 0 Å². The number of anilines is 1. The highest BCUT2D eigenvalue weighted by Crippen LogP contribution is 2.26. The highest BCUT2D eigenvalue weighted by molar-refractivity contribution is 5.98. The fourth-order valence-corrected chi connectivity index (χ4v) is 3.03. The number of amides is 2. The summed E-state index contributed by atoms with van der Waals surface area (Å²) in [7, 11) is 0. The highest BCUT2D eigenvalue weighted by atomic mass is 19.1. The van der Waals surface area contributed by atoms with Crippen molar-refractivity contribution < 1.29 is 23.9 Å². The molecule has 0 aromatic heterocycles. The van der Waals surface area contributed by atoms with Gasteiger partial charge < -0.3 is 15.7 Å². The van der Waals surface area contributed by atoms with Crippen molar-refractivity contribution in [3.05, 3.63) is 65.0 Å². The van der Waals surface area contributed by atoms with Crippen molar-refractivity contribution in [3.63, 3.8) is 0 Å². The van der Waals surface area contributed by atoms with Crippen LogP contribution in [0.15, 0.2) is 42.5 Å². The standard InChI is InChI=1S/C20H19FN2O4/c21-16-10-17-13(6-7-18(24)23-17)9-15(16)19(25)22-11-14(20(26)27)8-12-4-2-1-3-5-12/h1-5,9-10,14H,6-8,11H2,(H,22,25)(H,23,24)(H,26,27). The molecule has 3 N–H and O–H groups in total. The molecule has 1 heterocycles. The minimum absolute atomic E-state index is 0.115. The monoisotopic (exact) mass is 370 g/mol. The van der Waals surface area contributed by atoms with E-state index in [1.54, 1.807) is 0 Å². The average molecular weight is 370 g/mol. The van der Waals surface area contributed by atoms with E-state index in [0.29, 0.717) is 17.7 Å². The van der Waals surface area contributed by atoms with Crippen molar-refractivity contribution >= 4 is 23.5 Å². The normalized spacial score (nSPS) is 14.0. The van der Waals surface area contributed by atoms with Gasteiger partial charge in [0.1, 0.15) is 5.82 Å². The van der Waals surface area contributed by atoms with Gasteiger partial charge in [0.15, 0.2) is 0 Å². The molecule has 140 valence electrons. The maximum absolute atomic E-state index is 14.3. The van der Waals surface area contributed by atoms with Crippen LogP contribution < -0.4 is 10.6 Å². The van der Waals surface area contributed by atoms with Gasteiger partial charge in [-0.1, -0.05) is 30.3 Å². The predicted octanol–water partition coefficient (Wildman–Crippen LogP) is 2.38. The summed E-state index contributed by atoms with van der Waals surface area (Å²) >= 11 is 0. The Balaban J connectivity index is 1.69. The SMILES string of the molecule is O=C1CCc2cc(C(=O)NCC(Cc3ccccc3)C(=O)O)c(F)cc2N1. The summed E-state index contributed by atoms with van der Waals surface area (Å²) in [6.07, 6.45) is 0.959. The van der Waals surface area contributed by atoms with Gasteiger partial charge in [-0.05, 0) is 36.1 Å². The zero-order valence-corrected chi connectivity index (χ0v) is 14.5. The highest BCUT2D eigenvalue weighted by Gasteiger charge is 2.23. The van der Waals surface area contributed by atoms with Crippen molar-refractivity contribution in [1.82, 2.24) is 5.32 Å². The van der Waals surface area contributed by atoms with E-state index in [1.165, 1.54) is 6.07 Å². The quantitative estimate of drug-likeness (QED) is 0.728. The molecule has 2 aromatic carbocycles. The summed E-state index contributed by atoms with van der Waals surface area (Å²) in [5.74, 6) is -3.48. The lowest BCUT2D eigenvalue weighted by atomic mass is 9.98. The second kappa shape index (κ2) is 7.99. The maximum atomic E-state index is 14.3. The summed E-state index contributed by atoms with van der Waals surface area (Å²) < 4.78 is 14.3. The number of nitrogens with one attached hydrogen (secondary N) is 2. The molecule has 1 aliphatic heterocycles. The van der Waals surface area contributed by atoms with E-state index < -0.39 is 23.6 Å². The zero-order chi connectivity index (χ0) is 19.4. The fourth-order valence-electron chi connectivity index (χ4n) is 3.03. The van der Waals surface area contributed by atoms with E-state index in [-0.39, 0.29) is 30.9 Å². The van der Waals surface area contributed by atoms with Crippen molar-refractivity contribution in [2.75, 3.05) is 11.9 Å². The largest absolute Gasteiger partial charge is 0.481 e. The Morgan fingerprint density at radius 3 is 2.63 bits per heavy atom. The molecule has 0 bridgehead atoms. The molecule has 2 aromatic rings. The number of halogens is 1. The van der Waals surface area contributed by atoms with E-state index in [2.05, 4.69) is 10.6 Å². The summed E-state index contributed by atoms with van der Waals surface area (Å²) in [5.41, 5.74) is 1.73.